The molecule has 2 N–H and O–H groups in total. The van der Waals surface area contributed by atoms with E-state index in [1.54, 1.807) is 0 Å². The molecule has 1 fully saturated rings. The van der Waals surface area contributed by atoms with Crippen LogP contribution < -0.4 is 0 Å². The van der Waals surface area contributed by atoms with E-state index in [0.717, 1.165) is 0 Å². The van der Waals surface area contributed by atoms with Gasteiger partial charge in [0.05, 0.1) is 6.61 Å². The van der Waals surface area contributed by atoms with Gasteiger partial charge in [0.15, 0.2) is 6.10 Å². The van der Waals surface area contributed by atoms with E-state index in [1.165, 1.54) is 18.4 Å². The van der Waals surface area contributed by atoms with Crippen LogP contribution in [0, 0.1) is 0 Å². The summed E-state index contributed by atoms with van der Waals surface area (Å²) in [4.78, 5) is 11.1. The van der Waals surface area contributed by atoms with E-state index < -0.39 is 12.1 Å². The van der Waals surface area contributed by atoms with Crippen LogP contribution in [0.5, 0.6) is 0 Å². The first kappa shape index (κ1) is 13.1. The molecule has 0 amide bonds. The maximum absolute atomic E-state index is 11.1. The van der Waals surface area contributed by atoms with E-state index in [1.807, 2.05) is 24.3 Å². The number of rotatable bonds is 7. The minimum absolute atomic E-state index is 0.00690. The third-order valence-electron chi connectivity index (χ3n) is 3.10. The number of hydrogen-bond donors (Lipinski definition) is 2. The van der Waals surface area contributed by atoms with Crippen molar-refractivity contribution >= 4 is 5.97 Å². The molecule has 0 aliphatic heterocycles. The summed E-state index contributed by atoms with van der Waals surface area (Å²) < 4.78 is 5.29. The van der Waals surface area contributed by atoms with Crippen LogP contribution >= 0.6 is 0 Å². The first-order chi connectivity index (χ1) is 8.72. The summed E-state index contributed by atoms with van der Waals surface area (Å²) in [6, 6.07) is 7.62. The molecule has 98 valence electrons. The van der Waals surface area contributed by atoms with Crippen LogP contribution in [0.25, 0.3) is 0 Å². The lowest BCUT2D eigenvalue weighted by molar-refractivity contribution is -0.151. The zero-order valence-electron chi connectivity index (χ0n) is 10.2. The van der Waals surface area contributed by atoms with Crippen molar-refractivity contribution in [3.63, 3.8) is 0 Å². The summed E-state index contributed by atoms with van der Waals surface area (Å²) in [7, 11) is 0. The summed E-state index contributed by atoms with van der Waals surface area (Å²) >= 11 is 0. The van der Waals surface area contributed by atoms with E-state index in [-0.39, 0.29) is 13.2 Å². The number of carboxylic acid groups (broad SMARTS) is 1. The minimum atomic E-state index is -0.993. The lowest BCUT2D eigenvalue weighted by Crippen LogP contribution is -2.16. The topological polar surface area (TPSA) is 66.8 Å². The largest absolute Gasteiger partial charge is 0.479 e. The van der Waals surface area contributed by atoms with Gasteiger partial charge in [0.2, 0.25) is 0 Å². The quantitative estimate of drug-likeness (QED) is 0.727. The number of aliphatic hydroxyl groups is 1. The molecule has 0 bridgehead atoms. The highest BCUT2D eigenvalue weighted by Crippen LogP contribution is 2.40. The Hall–Kier alpha value is -1.39. The number of aliphatic hydroxyl groups excluding tert-OH is 1. The first-order valence-corrected chi connectivity index (χ1v) is 6.27. The smallest absolute Gasteiger partial charge is 0.337 e. The van der Waals surface area contributed by atoms with Gasteiger partial charge in [-0.3, -0.25) is 0 Å². The average molecular weight is 250 g/mol. The molecule has 4 heteroatoms. The van der Waals surface area contributed by atoms with Gasteiger partial charge in [-0.05, 0) is 36.3 Å². The lowest BCUT2D eigenvalue weighted by atomic mass is 10.0. The highest BCUT2D eigenvalue weighted by molar-refractivity contribution is 5.74. The second-order valence-corrected chi connectivity index (χ2v) is 4.61. The summed E-state index contributed by atoms with van der Waals surface area (Å²) in [6.07, 6.45) is 1.97. The summed E-state index contributed by atoms with van der Waals surface area (Å²) in [6.45, 7) is 0.255. The number of aliphatic carboxylic acids is 1. The minimum Gasteiger partial charge on any atom is -0.479 e. The first-order valence-electron chi connectivity index (χ1n) is 6.27. The van der Waals surface area contributed by atoms with E-state index in [2.05, 4.69) is 0 Å². The summed E-state index contributed by atoms with van der Waals surface area (Å²) in [5.41, 5.74) is 1.93. The SMILES string of the molecule is O=C(O)C(OCCCO)c1ccc(C2CC2)cc1. The van der Waals surface area contributed by atoms with Crippen LogP contribution in [-0.4, -0.2) is 29.4 Å². The highest BCUT2D eigenvalue weighted by atomic mass is 16.5. The van der Waals surface area contributed by atoms with Crippen molar-refractivity contribution in [1.29, 1.82) is 0 Å². The monoisotopic (exact) mass is 250 g/mol. The summed E-state index contributed by atoms with van der Waals surface area (Å²) in [5, 5.41) is 17.8. The zero-order valence-corrected chi connectivity index (χ0v) is 10.2. The van der Waals surface area contributed by atoms with Crippen LogP contribution in [-0.2, 0) is 9.53 Å². The fourth-order valence-corrected chi connectivity index (χ4v) is 1.94. The fraction of sp³-hybridized carbons (Fsp3) is 0.500. The number of ether oxygens (including phenoxy) is 1. The van der Waals surface area contributed by atoms with E-state index in [0.29, 0.717) is 17.9 Å². The van der Waals surface area contributed by atoms with Gasteiger partial charge in [-0.2, -0.15) is 0 Å². The Balaban J connectivity index is 2.02. The molecule has 1 saturated carbocycles. The summed E-state index contributed by atoms with van der Waals surface area (Å²) in [5.74, 6) is -0.329. The van der Waals surface area contributed by atoms with E-state index in [4.69, 9.17) is 14.9 Å². The molecule has 0 spiro atoms. The van der Waals surface area contributed by atoms with Crippen molar-refractivity contribution < 1.29 is 19.7 Å². The van der Waals surface area contributed by atoms with Crippen molar-refractivity contribution in [3.05, 3.63) is 35.4 Å². The van der Waals surface area contributed by atoms with Crippen molar-refractivity contribution in [2.75, 3.05) is 13.2 Å². The Morgan fingerprint density at radius 1 is 1.33 bits per heavy atom. The molecular formula is C14H18O4. The molecule has 0 heterocycles. The molecule has 0 radical (unpaired) electrons. The number of hydrogen-bond acceptors (Lipinski definition) is 3. The molecule has 1 unspecified atom stereocenters. The maximum atomic E-state index is 11.1. The molecule has 1 aliphatic rings. The van der Waals surface area contributed by atoms with Crippen LogP contribution in [0.15, 0.2) is 24.3 Å². The molecule has 1 aromatic rings. The van der Waals surface area contributed by atoms with Crippen molar-refractivity contribution in [3.8, 4) is 0 Å². The van der Waals surface area contributed by atoms with Gasteiger partial charge in [-0.15, -0.1) is 0 Å². The van der Waals surface area contributed by atoms with Gasteiger partial charge in [-0.1, -0.05) is 24.3 Å². The second-order valence-electron chi connectivity index (χ2n) is 4.61. The highest BCUT2D eigenvalue weighted by Gasteiger charge is 2.25. The maximum Gasteiger partial charge on any atom is 0.337 e. The normalized spacial score (nSPS) is 16.5. The third kappa shape index (κ3) is 3.31. The molecule has 18 heavy (non-hydrogen) atoms. The molecule has 1 aliphatic carbocycles. The Morgan fingerprint density at radius 2 is 2.00 bits per heavy atom. The number of benzene rings is 1. The third-order valence-corrected chi connectivity index (χ3v) is 3.10. The van der Waals surface area contributed by atoms with E-state index >= 15 is 0 Å². The van der Waals surface area contributed by atoms with Gasteiger partial charge in [0.1, 0.15) is 0 Å². The molecular weight excluding hydrogens is 232 g/mol. The van der Waals surface area contributed by atoms with Crippen LogP contribution in [0.3, 0.4) is 0 Å². The molecule has 0 aromatic heterocycles. The lowest BCUT2D eigenvalue weighted by Gasteiger charge is -2.14. The van der Waals surface area contributed by atoms with Gasteiger partial charge < -0.3 is 14.9 Å². The van der Waals surface area contributed by atoms with Crippen molar-refractivity contribution in [2.45, 2.75) is 31.3 Å². The standard InChI is InChI=1S/C14H18O4/c15-8-1-9-18-13(14(16)17)12-6-4-11(5-7-12)10-2-3-10/h4-7,10,13,15H,1-3,8-9H2,(H,16,17). The fourth-order valence-electron chi connectivity index (χ4n) is 1.94. The van der Waals surface area contributed by atoms with Gasteiger partial charge in [0, 0.05) is 6.61 Å². The second kappa shape index (κ2) is 5.98. The average Bonchev–Trinajstić information content (AvgIpc) is 3.19. The van der Waals surface area contributed by atoms with Gasteiger partial charge in [0.25, 0.3) is 0 Å². The van der Waals surface area contributed by atoms with Crippen LogP contribution in [0.1, 0.15) is 42.4 Å². The van der Waals surface area contributed by atoms with E-state index in [9.17, 15) is 4.79 Å². The number of carbonyl (C=O) groups is 1. The molecule has 1 atom stereocenters. The van der Waals surface area contributed by atoms with Crippen LogP contribution in [0.4, 0.5) is 0 Å². The Kier molecular flexibility index (Phi) is 4.33. The number of carboxylic acids is 1. The predicted octanol–water partition coefficient (Wildman–Crippen LogP) is 2.09. The zero-order chi connectivity index (χ0) is 13.0. The van der Waals surface area contributed by atoms with Crippen LogP contribution in [0.2, 0.25) is 0 Å². The Morgan fingerprint density at radius 3 is 2.50 bits per heavy atom. The molecule has 2 rings (SSSR count). The Bertz CT molecular complexity index is 395. The Labute approximate surface area is 106 Å². The van der Waals surface area contributed by atoms with Crippen molar-refractivity contribution in [2.24, 2.45) is 0 Å². The van der Waals surface area contributed by atoms with Gasteiger partial charge >= 0.3 is 5.97 Å². The van der Waals surface area contributed by atoms with Crippen molar-refractivity contribution in [1.82, 2.24) is 0 Å². The molecule has 1 aromatic carbocycles. The van der Waals surface area contributed by atoms with Gasteiger partial charge in [-0.25, -0.2) is 4.79 Å². The predicted molar refractivity (Wildman–Crippen MR) is 66.4 cm³/mol. The molecule has 4 nitrogen and oxygen atoms in total. The molecule has 0 saturated heterocycles.